The normalized spacial score (nSPS) is 13.3. The highest BCUT2D eigenvalue weighted by molar-refractivity contribution is 5.94. The monoisotopic (exact) mass is 389 g/mol. The molecule has 0 saturated carbocycles. The first-order valence-electron chi connectivity index (χ1n) is 9.48. The number of anilines is 1. The van der Waals surface area contributed by atoms with Crippen LogP contribution in [-0.2, 0) is 0 Å². The Morgan fingerprint density at radius 2 is 1.86 bits per heavy atom. The second kappa shape index (κ2) is 7.76. The summed E-state index contributed by atoms with van der Waals surface area (Å²) >= 11 is 0. The second-order valence-electron chi connectivity index (χ2n) is 6.93. The highest BCUT2D eigenvalue weighted by Crippen LogP contribution is 2.27. The van der Waals surface area contributed by atoms with Crippen LogP contribution >= 0.6 is 0 Å². The zero-order valence-electron chi connectivity index (χ0n) is 16.0. The van der Waals surface area contributed by atoms with Gasteiger partial charge in [-0.1, -0.05) is 6.07 Å². The lowest BCUT2D eigenvalue weighted by Crippen LogP contribution is -2.27. The quantitative estimate of drug-likeness (QED) is 0.736. The number of likely N-dealkylation sites (tertiary alicyclic amines) is 1. The van der Waals surface area contributed by atoms with Gasteiger partial charge in [0.15, 0.2) is 0 Å². The third-order valence-corrected chi connectivity index (χ3v) is 5.10. The molecule has 29 heavy (non-hydrogen) atoms. The number of benzene rings is 2. The molecule has 7 heteroatoms. The number of carbonyl (C=O) groups excluding carboxylic acids is 1. The molecule has 0 aliphatic carbocycles. The molecule has 6 nitrogen and oxygen atoms in total. The van der Waals surface area contributed by atoms with E-state index in [4.69, 9.17) is 5.26 Å². The van der Waals surface area contributed by atoms with Crippen molar-refractivity contribution in [1.29, 1.82) is 5.26 Å². The Kier molecular flexibility index (Phi) is 5.00. The first kappa shape index (κ1) is 18.7. The molecule has 1 aromatic heterocycles. The Balaban J connectivity index is 1.70. The van der Waals surface area contributed by atoms with E-state index in [-0.39, 0.29) is 11.5 Å². The summed E-state index contributed by atoms with van der Waals surface area (Å²) < 4.78 is 15.8. The lowest BCUT2D eigenvalue weighted by Gasteiger charge is -2.15. The minimum absolute atomic E-state index is 0.00145. The number of halogens is 1. The van der Waals surface area contributed by atoms with Crippen LogP contribution < -0.4 is 5.32 Å². The van der Waals surface area contributed by atoms with Crippen LogP contribution in [0, 0.1) is 17.1 Å². The third kappa shape index (κ3) is 3.57. The van der Waals surface area contributed by atoms with E-state index in [1.807, 2.05) is 29.2 Å². The molecule has 1 fully saturated rings. The van der Waals surface area contributed by atoms with Crippen molar-refractivity contribution in [3.8, 4) is 23.0 Å². The van der Waals surface area contributed by atoms with Crippen molar-refractivity contribution in [2.45, 2.75) is 12.8 Å². The number of amides is 1. The first-order valence-corrected chi connectivity index (χ1v) is 9.48. The summed E-state index contributed by atoms with van der Waals surface area (Å²) in [5.74, 6) is 0.0946. The lowest BCUT2D eigenvalue weighted by molar-refractivity contribution is 0.0793. The van der Waals surface area contributed by atoms with Crippen LogP contribution in [0.3, 0.4) is 0 Å². The fourth-order valence-corrected chi connectivity index (χ4v) is 3.52. The van der Waals surface area contributed by atoms with Crippen molar-refractivity contribution in [2.24, 2.45) is 0 Å². The van der Waals surface area contributed by atoms with Gasteiger partial charge in [-0.3, -0.25) is 4.79 Å². The number of hydrogen-bond acceptors (Lipinski definition) is 4. The Labute approximate surface area is 168 Å². The summed E-state index contributed by atoms with van der Waals surface area (Å²) in [7, 11) is 1.76. The molecule has 146 valence electrons. The fourth-order valence-electron chi connectivity index (χ4n) is 3.52. The SMILES string of the molecule is CNc1cc(-c2ccc(C#N)c(F)c2)n(-c2ccc(C(=O)N3CCCC3)cc2)n1. The van der Waals surface area contributed by atoms with Crippen LogP contribution in [0.4, 0.5) is 10.2 Å². The maximum atomic E-state index is 14.1. The molecular formula is C22H20FN5O. The smallest absolute Gasteiger partial charge is 0.253 e. The topological polar surface area (TPSA) is 74.0 Å². The number of nitrogens with zero attached hydrogens (tertiary/aromatic N) is 4. The number of aromatic nitrogens is 2. The molecule has 3 aromatic rings. The lowest BCUT2D eigenvalue weighted by atomic mass is 10.1. The van der Waals surface area contributed by atoms with Crippen LogP contribution in [0.1, 0.15) is 28.8 Å². The van der Waals surface area contributed by atoms with Crippen LogP contribution in [-0.4, -0.2) is 40.7 Å². The molecule has 0 spiro atoms. The maximum absolute atomic E-state index is 14.1. The van der Waals surface area contributed by atoms with Gasteiger partial charge in [0.25, 0.3) is 5.91 Å². The fraction of sp³-hybridized carbons (Fsp3) is 0.227. The molecule has 0 bridgehead atoms. The molecule has 1 amide bonds. The Morgan fingerprint density at radius 1 is 1.14 bits per heavy atom. The molecule has 0 unspecified atom stereocenters. The predicted octanol–water partition coefficient (Wildman–Crippen LogP) is 3.83. The molecule has 2 aromatic carbocycles. The highest BCUT2D eigenvalue weighted by atomic mass is 19.1. The number of rotatable bonds is 4. The Morgan fingerprint density at radius 3 is 2.48 bits per heavy atom. The maximum Gasteiger partial charge on any atom is 0.253 e. The molecule has 1 N–H and O–H groups in total. The van der Waals surface area contributed by atoms with Crippen LogP contribution in [0.15, 0.2) is 48.5 Å². The molecular weight excluding hydrogens is 369 g/mol. The average molecular weight is 389 g/mol. The molecule has 1 saturated heterocycles. The minimum atomic E-state index is -0.574. The van der Waals surface area contributed by atoms with Crippen molar-refractivity contribution in [3.63, 3.8) is 0 Å². The van der Waals surface area contributed by atoms with Crippen molar-refractivity contribution in [1.82, 2.24) is 14.7 Å². The highest BCUT2D eigenvalue weighted by Gasteiger charge is 2.20. The molecule has 4 rings (SSSR count). The Bertz CT molecular complexity index is 1090. The number of carbonyl (C=O) groups is 1. The van der Waals surface area contributed by atoms with Gasteiger partial charge in [0.05, 0.1) is 16.9 Å². The van der Waals surface area contributed by atoms with Crippen molar-refractivity contribution in [3.05, 3.63) is 65.5 Å². The zero-order valence-corrected chi connectivity index (χ0v) is 16.0. The summed E-state index contributed by atoms with van der Waals surface area (Å²) in [5.41, 5.74) is 2.68. The summed E-state index contributed by atoms with van der Waals surface area (Å²) in [5, 5.41) is 16.5. The number of nitriles is 1. The van der Waals surface area contributed by atoms with E-state index < -0.39 is 5.82 Å². The summed E-state index contributed by atoms with van der Waals surface area (Å²) in [6, 6.07) is 15.4. The third-order valence-electron chi connectivity index (χ3n) is 5.10. The van der Waals surface area contributed by atoms with Crippen LogP contribution in [0.25, 0.3) is 16.9 Å². The van der Waals surface area contributed by atoms with E-state index in [0.29, 0.717) is 22.6 Å². The predicted molar refractivity (Wildman–Crippen MR) is 108 cm³/mol. The van der Waals surface area contributed by atoms with Gasteiger partial charge in [0.1, 0.15) is 17.7 Å². The van der Waals surface area contributed by atoms with Crippen molar-refractivity contribution in [2.75, 3.05) is 25.5 Å². The Hall–Kier alpha value is -3.66. The average Bonchev–Trinajstić information content (AvgIpc) is 3.43. The van der Waals surface area contributed by atoms with Gasteiger partial charge < -0.3 is 10.2 Å². The number of nitrogens with one attached hydrogen (secondary N) is 1. The molecule has 0 radical (unpaired) electrons. The van der Waals surface area contributed by atoms with E-state index >= 15 is 0 Å². The van der Waals surface area contributed by atoms with Crippen LogP contribution in [0.2, 0.25) is 0 Å². The summed E-state index contributed by atoms with van der Waals surface area (Å²) in [4.78, 5) is 14.4. The second-order valence-corrected chi connectivity index (χ2v) is 6.93. The summed E-state index contributed by atoms with van der Waals surface area (Å²) in [6.45, 7) is 1.61. The minimum Gasteiger partial charge on any atom is -0.372 e. The van der Waals surface area contributed by atoms with E-state index in [0.717, 1.165) is 31.6 Å². The van der Waals surface area contributed by atoms with E-state index in [2.05, 4.69) is 10.4 Å². The molecule has 1 aliphatic rings. The van der Waals surface area contributed by atoms with Crippen LogP contribution in [0.5, 0.6) is 0 Å². The molecule has 0 atom stereocenters. The van der Waals surface area contributed by atoms with Gasteiger partial charge in [-0.15, -0.1) is 5.10 Å². The molecule has 1 aliphatic heterocycles. The zero-order chi connectivity index (χ0) is 20.4. The standard InChI is InChI=1S/C22H20FN5O/c1-25-21-13-20(16-4-5-17(14-24)19(23)12-16)28(26-21)18-8-6-15(7-9-18)22(29)27-10-2-3-11-27/h4-9,12-13H,2-3,10-11H2,1H3,(H,25,26). The first-order chi connectivity index (χ1) is 14.1. The van der Waals surface area contributed by atoms with Gasteiger partial charge in [-0.25, -0.2) is 9.07 Å². The van der Waals surface area contributed by atoms with Crippen molar-refractivity contribution < 1.29 is 9.18 Å². The van der Waals surface area contributed by atoms with Gasteiger partial charge in [-0.05, 0) is 49.2 Å². The van der Waals surface area contributed by atoms with E-state index in [1.165, 1.54) is 12.1 Å². The van der Waals surface area contributed by atoms with E-state index in [1.54, 1.807) is 29.9 Å². The van der Waals surface area contributed by atoms with E-state index in [9.17, 15) is 9.18 Å². The van der Waals surface area contributed by atoms with Gasteiger partial charge in [0, 0.05) is 37.3 Å². The largest absolute Gasteiger partial charge is 0.372 e. The molecule has 2 heterocycles. The van der Waals surface area contributed by atoms with Gasteiger partial charge in [-0.2, -0.15) is 5.26 Å². The van der Waals surface area contributed by atoms with Gasteiger partial charge in [0.2, 0.25) is 0 Å². The summed E-state index contributed by atoms with van der Waals surface area (Å²) in [6.07, 6.45) is 2.10. The van der Waals surface area contributed by atoms with Gasteiger partial charge >= 0.3 is 0 Å². The van der Waals surface area contributed by atoms with Crippen molar-refractivity contribution >= 4 is 11.7 Å². The number of hydrogen-bond donors (Lipinski definition) is 1.